The summed E-state index contributed by atoms with van der Waals surface area (Å²) in [6.45, 7) is 14.0. The van der Waals surface area contributed by atoms with Crippen molar-refractivity contribution in [2.75, 3.05) is 24.7 Å². The molecule has 1 N–H and O–H groups in total. The minimum absolute atomic E-state index is 0.0173. The topological polar surface area (TPSA) is 87.2 Å². The lowest BCUT2D eigenvalue weighted by atomic mass is 9.71. The first kappa shape index (κ1) is 27.7. The Labute approximate surface area is 224 Å². The number of ether oxygens (including phenoxy) is 1. The zero-order valence-electron chi connectivity index (χ0n) is 22.6. The fourth-order valence-electron chi connectivity index (χ4n) is 6.64. The lowest BCUT2D eigenvalue weighted by molar-refractivity contribution is -0.154. The average Bonchev–Trinajstić information content (AvgIpc) is 3.52. The second-order valence-electron chi connectivity index (χ2n) is 10.7. The third-order valence-corrected chi connectivity index (χ3v) is 10.6. The smallest absolute Gasteiger partial charge is 0.310 e. The lowest BCUT2D eigenvalue weighted by Crippen LogP contribution is -2.58. The van der Waals surface area contributed by atoms with Crippen LogP contribution in [0.3, 0.4) is 0 Å². The fourth-order valence-corrected chi connectivity index (χ4v) is 8.83. The van der Waals surface area contributed by atoms with Gasteiger partial charge in [-0.2, -0.15) is 0 Å². The van der Waals surface area contributed by atoms with Gasteiger partial charge in [0.25, 0.3) is 5.91 Å². The second kappa shape index (κ2) is 10.8. The molecular weight excluding hydrogens is 488 g/mol. The van der Waals surface area contributed by atoms with Gasteiger partial charge in [-0.05, 0) is 56.7 Å². The quantitative estimate of drug-likeness (QED) is 0.366. The maximum Gasteiger partial charge on any atom is 0.310 e. The average molecular weight is 529 g/mol. The Balaban J connectivity index is 1.86. The summed E-state index contributed by atoms with van der Waals surface area (Å²) in [6.07, 6.45) is 3.88. The summed E-state index contributed by atoms with van der Waals surface area (Å²) in [5, 5.41) is 10.5. The predicted molar refractivity (Wildman–Crippen MR) is 146 cm³/mol. The van der Waals surface area contributed by atoms with E-state index in [1.54, 1.807) is 34.6 Å². The Morgan fingerprint density at radius 1 is 1.35 bits per heavy atom. The summed E-state index contributed by atoms with van der Waals surface area (Å²) in [5.41, 5.74) is 2.78. The van der Waals surface area contributed by atoms with Crippen LogP contribution in [-0.4, -0.2) is 69.6 Å². The van der Waals surface area contributed by atoms with Crippen LogP contribution in [0.25, 0.3) is 0 Å². The number of aliphatic hydroxyl groups is 1. The Morgan fingerprint density at radius 3 is 2.70 bits per heavy atom. The van der Waals surface area contributed by atoms with Crippen molar-refractivity contribution < 1.29 is 24.2 Å². The third kappa shape index (κ3) is 4.40. The van der Waals surface area contributed by atoms with E-state index in [2.05, 4.69) is 6.58 Å². The van der Waals surface area contributed by atoms with E-state index < -0.39 is 28.7 Å². The molecule has 3 fully saturated rings. The molecule has 3 aliphatic rings. The molecule has 3 saturated heterocycles. The molecule has 0 saturated carbocycles. The molecular formula is C29H40N2O5S. The molecule has 2 unspecified atom stereocenters. The van der Waals surface area contributed by atoms with Gasteiger partial charge in [-0.25, -0.2) is 0 Å². The van der Waals surface area contributed by atoms with Gasteiger partial charge in [0, 0.05) is 17.5 Å². The first-order valence-corrected chi connectivity index (χ1v) is 14.3. The van der Waals surface area contributed by atoms with Crippen molar-refractivity contribution in [2.24, 2.45) is 17.8 Å². The van der Waals surface area contributed by atoms with Crippen LogP contribution in [0.5, 0.6) is 0 Å². The predicted octanol–water partition coefficient (Wildman–Crippen LogP) is 3.88. The highest BCUT2D eigenvalue weighted by molar-refractivity contribution is 8.02. The van der Waals surface area contributed by atoms with E-state index in [-0.39, 0.29) is 42.2 Å². The van der Waals surface area contributed by atoms with Crippen molar-refractivity contribution in [3.05, 3.63) is 42.0 Å². The number of carbonyl (C=O) groups excluding carboxylic acids is 3. The maximum absolute atomic E-state index is 14.7. The first-order chi connectivity index (χ1) is 17.7. The highest BCUT2D eigenvalue weighted by atomic mass is 32.2. The van der Waals surface area contributed by atoms with E-state index in [1.807, 2.05) is 45.9 Å². The van der Waals surface area contributed by atoms with E-state index in [0.717, 1.165) is 29.7 Å². The van der Waals surface area contributed by atoms with E-state index >= 15 is 0 Å². The first-order valence-electron chi connectivity index (χ1n) is 13.4. The molecule has 7 nitrogen and oxygen atoms in total. The molecule has 1 spiro atoms. The van der Waals surface area contributed by atoms with E-state index in [0.29, 0.717) is 13.0 Å². The number of amides is 2. The van der Waals surface area contributed by atoms with Gasteiger partial charge in [0.05, 0.1) is 35.8 Å². The van der Waals surface area contributed by atoms with Gasteiger partial charge in [-0.15, -0.1) is 18.3 Å². The summed E-state index contributed by atoms with van der Waals surface area (Å²) in [5.74, 6) is -1.96. The number of rotatable bonds is 10. The molecule has 2 amide bonds. The van der Waals surface area contributed by atoms with Crippen molar-refractivity contribution in [1.82, 2.24) is 4.90 Å². The van der Waals surface area contributed by atoms with Crippen LogP contribution >= 0.6 is 11.8 Å². The number of benzene rings is 1. The molecule has 3 aliphatic heterocycles. The summed E-state index contributed by atoms with van der Waals surface area (Å²) in [7, 11) is 0. The largest absolute Gasteiger partial charge is 0.466 e. The lowest BCUT2D eigenvalue weighted by Gasteiger charge is -2.41. The minimum atomic E-state index is -0.787. The molecule has 0 aliphatic carbocycles. The number of nitrogens with zero attached hydrogens (tertiary/aromatic N) is 2. The van der Waals surface area contributed by atoms with Crippen molar-refractivity contribution in [2.45, 2.75) is 76.0 Å². The van der Waals surface area contributed by atoms with Gasteiger partial charge in [-0.3, -0.25) is 14.4 Å². The zero-order chi connectivity index (χ0) is 27.1. The Hall–Kier alpha value is -2.32. The fraction of sp³-hybridized carbons (Fsp3) is 0.621. The molecule has 37 heavy (non-hydrogen) atoms. The van der Waals surface area contributed by atoms with Gasteiger partial charge >= 0.3 is 5.97 Å². The maximum atomic E-state index is 14.7. The SMILES string of the molecule is C=CCN(C(=O)C1N([C@@H](CO)[C@@H](C)CC)C(=O)[C@@H]2[C@@H](C(=O)OCC)[C@H]3CCC12S3)c1cc(C)ccc1C. The number of hydrogen-bond acceptors (Lipinski definition) is 6. The van der Waals surface area contributed by atoms with Crippen LogP contribution < -0.4 is 4.90 Å². The number of hydrogen-bond donors (Lipinski definition) is 1. The molecule has 1 aromatic rings. The molecule has 2 bridgehead atoms. The molecule has 4 rings (SSSR count). The summed E-state index contributed by atoms with van der Waals surface area (Å²) in [4.78, 5) is 45.4. The van der Waals surface area contributed by atoms with Gasteiger partial charge in [0.15, 0.2) is 0 Å². The van der Waals surface area contributed by atoms with E-state index in [4.69, 9.17) is 4.74 Å². The summed E-state index contributed by atoms with van der Waals surface area (Å²) >= 11 is 1.62. The summed E-state index contributed by atoms with van der Waals surface area (Å²) in [6, 6.07) is 4.70. The second-order valence-corrected chi connectivity index (χ2v) is 12.3. The number of fused-ring (bicyclic) bond motifs is 1. The third-order valence-electron chi connectivity index (χ3n) is 8.61. The zero-order valence-corrected chi connectivity index (χ0v) is 23.4. The molecule has 0 radical (unpaired) electrons. The summed E-state index contributed by atoms with van der Waals surface area (Å²) < 4.78 is 4.69. The van der Waals surface area contributed by atoms with Crippen molar-refractivity contribution in [3.8, 4) is 0 Å². The molecule has 7 atom stereocenters. The van der Waals surface area contributed by atoms with E-state index in [1.165, 1.54) is 0 Å². The number of aliphatic hydroxyl groups excluding tert-OH is 1. The monoisotopic (exact) mass is 528 g/mol. The Bertz CT molecular complexity index is 1080. The van der Waals surface area contributed by atoms with E-state index in [9.17, 15) is 19.5 Å². The van der Waals surface area contributed by atoms with Crippen LogP contribution in [-0.2, 0) is 19.1 Å². The highest BCUT2D eigenvalue weighted by Crippen LogP contribution is 2.67. The molecule has 3 heterocycles. The van der Waals surface area contributed by atoms with Crippen molar-refractivity contribution in [3.63, 3.8) is 0 Å². The number of carbonyl (C=O) groups is 3. The van der Waals surface area contributed by atoms with Gasteiger partial charge in [0.2, 0.25) is 5.91 Å². The standard InChI is InChI=1S/C29H40N2O5S/c1-7-14-30(20-15-17(4)10-11-19(20)6)27(34)25-29-13-12-22(37-29)23(28(35)36-9-3)24(29)26(33)31(25)21(16-32)18(5)8-2/h7,10-11,15,18,21-25,32H,1,8-9,12-14,16H2,2-6H3/t18-,21-,22+,23-,24-,25?,29?/m0/s1. The number of aryl methyl sites for hydroxylation is 2. The molecule has 0 aromatic heterocycles. The normalized spacial score (nSPS) is 29.7. The van der Waals surface area contributed by atoms with Crippen LogP contribution in [0.15, 0.2) is 30.9 Å². The minimum Gasteiger partial charge on any atom is -0.466 e. The van der Waals surface area contributed by atoms with Crippen LogP contribution in [0, 0.1) is 31.6 Å². The number of thioether (sulfide) groups is 1. The van der Waals surface area contributed by atoms with Gasteiger partial charge < -0.3 is 19.6 Å². The van der Waals surface area contributed by atoms with Crippen molar-refractivity contribution >= 4 is 35.2 Å². The van der Waals surface area contributed by atoms with Crippen LogP contribution in [0.4, 0.5) is 5.69 Å². The molecule has 8 heteroatoms. The molecule has 202 valence electrons. The highest BCUT2D eigenvalue weighted by Gasteiger charge is 2.75. The van der Waals surface area contributed by atoms with Crippen LogP contribution in [0.2, 0.25) is 0 Å². The van der Waals surface area contributed by atoms with Crippen molar-refractivity contribution in [1.29, 1.82) is 0 Å². The molecule has 1 aromatic carbocycles. The number of anilines is 1. The Morgan fingerprint density at radius 2 is 2.08 bits per heavy atom. The van der Waals surface area contributed by atoms with Gasteiger partial charge in [0.1, 0.15) is 6.04 Å². The Kier molecular flexibility index (Phi) is 8.10. The van der Waals surface area contributed by atoms with Crippen LogP contribution in [0.1, 0.15) is 51.2 Å². The number of esters is 1. The van der Waals surface area contributed by atoms with Gasteiger partial charge in [-0.1, -0.05) is 38.5 Å². The number of likely N-dealkylation sites (tertiary alicyclic amines) is 1.